The first kappa shape index (κ1) is 15.3. The second-order valence-electron chi connectivity index (χ2n) is 5.37. The van der Waals surface area contributed by atoms with E-state index >= 15 is 0 Å². The molecule has 1 aliphatic rings. The Hall–Kier alpha value is -0.730. The molecule has 1 saturated heterocycles. The predicted molar refractivity (Wildman–Crippen MR) is 67.6 cm³/mol. The highest BCUT2D eigenvalue weighted by atomic mass is 16.6. The molecule has 1 atom stereocenters. The maximum absolute atomic E-state index is 11.6. The van der Waals surface area contributed by atoms with Crippen LogP contribution in [0.15, 0.2) is 0 Å². The Balaban J connectivity index is 0.000000673. The molecule has 16 heavy (non-hydrogen) atoms. The number of hydrogen-bond acceptors (Lipinski definition) is 2. The molecule has 3 heteroatoms. The molecule has 0 spiro atoms. The van der Waals surface area contributed by atoms with Crippen molar-refractivity contribution < 1.29 is 9.53 Å². The second-order valence-corrected chi connectivity index (χ2v) is 5.37. The number of amides is 1. The van der Waals surface area contributed by atoms with Crippen molar-refractivity contribution in [2.75, 3.05) is 6.54 Å². The van der Waals surface area contributed by atoms with Gasteiger partial charge in [-0.3, -0.25) is 0 Å². The van der Waals surface area contributed by atoms with Crippen LogP contribution in [-0.2, 0) is 4.74 Å². The van der Waals surface area contributed by atoms with E-state index in [1.54, 1.807) is 0 Å². The molecule has 0 aromatic carbocycles. The van der Waals surface area contributed by atoms with Gasteiger partial charge in [-0.15, -0.1) is 0 Å². The maximum Gasteiger partial charge on any atom is 0.410 e. The minimum absolute atomic E-state index is 0.169. The lowest BCUT2D eigenvalue weighted by molar-refractivity contribution is 0.0239. The third-order valence-corrected chi connectivity index (χ3v) is 2.18. The van der Waals surface area contributed by atoms with Gasteiger partial charge >= 0.3 is 6.09 Å². The zero-order valence-corrected chi connectivity index (χ0v) is 11.7. The van der Waals surface area contributed by atoms with Crippen molar-refractivity contribution in [1.82, 2.24) is 4.90 Å². The summed E-state index contributed by atoms with van der Waals surface area (Å²) in [7, 11) is 0. The number of carbonyl (C=O) groups excluding carboxylic acids is 1. The number of carbonyl (C=O) groups is 1. The van der Waals surface area contributed by atoms with Gasteiger partial charge in [0, 0.05) is 12.6 Å². The Bertz CT molecular complexity index is 208. The van der Waals surface area contributed by atoms with Crippen LogP contribution in [-0.4, -0.2) is 29.2 Å². The van der Waals surface area contributed by atoms with Crippen molar-refractivity contribution in [3.05, 3.63) is 0 Å². The lowest BCUT2D eigenvalue weighted by atomic mass is 10.2. The van der Waals surface area contributed by atoms with Crippen LogP contribution in [0.3, 0.4) is 0 Å². The molecule has 1 heterocycles. The molecule has 1 aliphatic heterocycles. The minimum atomic E-state index is -0.376. The summed E-state index contributed by atoms with van der Waals surface area (Å²) in [5.74, 6) is 0. The van der Waals surface area contributed by atoms with Crippen molar-refractivity contribution in [1.29, 1.82) is 0 Å². The van der Waals surface area contributed by atoms with Gasteiger partial charge in [0.15, 0.2) is 0 Å². The average Bonchev–Trinajstić information content (AvgIpc) is 2.49. The summed E-state index contributed by atoms with van der Waals surface area (Å²) in [6, 6.07) is 0.342. The maximum atomic E-state index is 11.6. The fraction of sp³-hybridized carbons (Fsp3) is 0.923. The third-order valence-electron chi connectivity index (χ3n) is 2.18. The summed E-state index contributed by atoms with van der Waals surface area (Å²) >= 11 is 0. The number of rotatable bonds is 0. The Labute approximate surface area is 100 Å². The van der Waals surface area contributed by atoms with Crippen molar-refractivity contribution in [3.63, 3.8) is 0 Å². The lowest BCUT2D eigenvalue weighted by Gasteiger charge is -2.26. The average molecular weight is 229 g/mol. The van der Waals surface area contributed by atoms with Crippen LogP contribution in [0.2, 0.25) is 0 Å². The minimum Gasteiger partial charge on any atom is -0.444 e. The Morgan fingerprint density at radius 2 is 1.88 bits per heavy atom. The number of hydrogen-bond donors (Lipinski definition) is 0. The van der Waals surface area contributed by atoms with Gasteiger partial charge in [0.1, 0.15) is 5.60 Å². The molecular weight excluding hydrogens is 202 g/mol. The molecule has 1 amide bonds. The van der Waals surface area contributed by atoms with Crippen molar-refractivity contribution in [2.24, 2.45) is 0 Å². The molecule has 1 unspecified atom stereocenters. The van der Waals surface area contributed by atoms with Crippen LogP contribution in [0.4, 0.5) is 4.79 Å². The van der Waals surface area contributed by atoms with E-state index in [9.17, 15) is 4.79 Å². The summed E-state index contributed by atoms with van der Waals surface area (Å²) in [4.78, 5) is 13.4. The van der Waals surface area contributed by atoms with Gasteiger partial charge < -0.3 is 9.64 Å². The van der Waals surface area contributed by atoms with Gasteiger partial charge in [0.05, 0.1) is 0 Å². The SMILES string of the molecule is CC1CCCN1C(=O)OC(C)(C)C.CCC. The van der Waals surface area contributed by atoms with Crippen molar-refractivity contribution in [2.45, 2.75) is 72.4 Å². The topological polar surface area (TPSA) is 29.5 Å². The molecule has 0 aromatic heterocycles. The molecule has 0 saturated carbocycles. The van der Waals surface area contributed by atoms with Gasteiger partial charge in [0.25, 0.3) is 0 Å². The Morgan fingerprint density at radius 1 is 1.38 bits per heavy atom. The van der Waals surface area contributed by atoms with E-state index in [4.69, 9.17) is 4.74 Å². The fourth-order valence-corrected chi connectivity index (χ4v) is 1.53. The summed E-state index contributed by atoms with van der Waals surface area (Å²) in [5.41, 5.74) is -0.376. The lowest BCUT2D eigenvalue weighted by Crippen LogP contribution is -2.38. The normalized spacial score (nSPS) is 20.1. The van der Waals surface area contributed by atoms with Crippen molar-refractivity contribution in [3.8, 4) is 0 Å². The van der Waals surface area contributed by atoms with E-state index in [0.29, 0.717) is 6.04 Å². The smallest absolute Gasteiger partial charge is 0.410 e. The highest BCUT2D eigenvalue weighted by Crippen LogP contribution is 2.19. The van der Waals surface area contributed by atoms with Gasteiger partial charge in [-0.2, -0.15) is 0 Å². The predicted octanol–water partition coefficient (Wildman–Crippen LogP) is 3.82. The zero-order chi connectivity index (χ0) is 12.8. The standard InChI is InChI=1S/C10H19NO2.C3H8/c1-8-6-5-7-11(8)9(12)13-10(2,3)4;1-3-2/h8H,5-7H2,1-4H3;3H2,1-2H3. The molecule has 96 valence electrons. The molecule has 0 radical (unpaired) electrons. The van der Waals surface area contributed by atoms with E-state index < -0.39 is 0 Å². The molecule has 3 nitrogen and oxygen atoms in total. The molecule has 0 aliphatic carbocycles. The van der Waals surface area contributed by atoms with E-state index in [2.05, 4.69) is 20.8 Å². The Kier molecular flexibility index (Phi) is 6.46. The first-order valence-electron chi connectivity index (χ1n) is 6.31. The first-order valence-corrected chi connectivity index (χ1v) is 6.31. The van der Waals surface area contributed by atoms with Crippen LogP contribution in [0.1, 0.15) is 60.8 Å². The van der Waals surface area contributed by atoms with E-state index in [-0.39, 0.29) is 11.7 Å². The van der Waals surface area contributed by atoms with Crippen LogP contribution >= 0.6 is 0 Å². The van der Waals surface area contributed by atoms with Crippen LogP contribution in [0.25, 0.3) is 0 Å². The molecular formula is C13H27NO2. The highest BCUT2D eigenvalue weighted by Gasteiger charge is 2.28. The molecule has 0 aromatic rings. The van der Waals surface area contributed by atoms with Crippen LogP contribution in [0, 0.1) is 0 Å². The number of ether oxygens (including phenoxy) is 1. The van der Waals surface area contributed by atoms with Crippen LogP contribution < -0.4 is 0 Å². The number of nitrogens with zero attached hydrogens (tertiary/aromatic N) is 1. The quantitative estimate of drug-likeness (QED) is 0.632. The molecule has 0 N–H and O–H groups in total. The van der Waals surface area contributed by atoms with Gasteiger partial charge in [0.2, 0.25) is 0 Å². The van der Waals surface area contributed by atoms with E-state index in [1.165, 1.54) is 6.42 Å². The number of likely N-dealkylation sites (tertiary alicyclic amines) is 1. The van der Waals surface area contributed by atoms with Crippen LogP contribution in [0.5, 0.6) is 0 Å². The highest BCUT2D eigenvalue weighted by molar-refractivity contribution is 5.68. The molecule has 0 bridgehead atoms. The van der Waals surface area contributed by atoms with Gasteiger partial charge in [-0.05, 0) is 40.5 Å². The first-order chi connectivity index (χ1) is 7.31. The fourth-order valence-electron chi connectivity index (χ4n) is 1.53. The summed E-state index contributed by atoms with van der Waals surface area (Å²) in [6.45, 7) is 12.8. The van der Waals surface area contributed by atoms with Crippen molar-refractivity contribution >= 4 is 6.09 Å². The summed E-state index contributed by atoms with van der Waals surface area (Å²) in [5, 5.41) is 0. The third kappa shape index (κ3) is 5.99. The summed E-state index contributed by atoms with van der Waals surface area (Å²) < 4.78 is 5.28. The van der Waals surface area contributed by atoms with E-state index in [1.807, 2.05) is 25.7 Å². The molecule has 1 fully saturated rings. The second kappa shape index (κ2) is 6.77. The zero-order valence-electron chi connectivity index (χ0n) is 11.7. The van der Waals surface area contributed by atoms with E-state index in [0.717, 1.165) is 19.4 Å². The Morgan fingerprint density at radius 3 is 2.19 bits per heavy atom. The van der Waals surface area contributed by atoms with Gasteiger partial charge in [-0.25, -0.2) is 4.79 Å². The summed E-state index contributed by atoms with van der Waals surface area (Å²) in [6.07, 6.45) is 3.28. The van der Waals surface area contributed by atoms with Gasteiger partial charge in [-0.1, -0.05) is 20.3 Å². The monoisotopic (exact) mass is 229 g/mol. The molecule has 1 rings (SSSR count). The largest absolute Gasteiger partial charge is 0.444 e.